The van der Waals surface area contributed by atoms with Crippen LogP contribution in [0.1, 0.15) is 25.3 Å². The number of methoxy groups -OCH3 is 1. The number of hydrogen-bond donors (Lipinski definition) is 4. The lowest BCUT2D eigenvalue weighted by atomic mass is 9.87. The van der Waals surface area contributed by atoms with Crippen LogP contribution in [0.4, 0.5) is 0 Å². The number of primary amides is 1. The Morgan fingerprint density at radius 2 is 2.12 bits per heavy atom. The molecule has 1 aromatic rings. The Kier molecular flexibility index (Phi) is 5.80. The molecule has 1 heterocycles. The minimum Gasteiger partial charge on any atom is -0.497 e. The van der Waals surface area contributed by atoms with Gasteiger partial charge < -0.3 is 26.2 Å². The van der Waals surface area contributed by atoms with E-state index in [1.165, 1.54) is 0 Å². The number of nitrogens with one attached hydrogen (secondary N) is 2. The highest BCUT2D eigenvalue weighted by molar-refractivity contribution is 5.90. The molecule has 1 aliphatic heterocycles. The van der Waals surface area contributed by atoms with Crippen molar-refractivity contribution in [1.82, 2.24) is 10.6 Å². The van der Waals surface area contributed by atoms with E-state index < -0.39 is 29.5 Å². The number of nitrogens with two attached hydrogens (primary N) is 1. The van der Waals surface area contributed by atoms with E-state index in [9.17, 15) is 14.7 Å². The quantitative estimate of drug-likeness (QED) is 0.570. The van der Waals surface area contributed by atoms with E-state index in [4.69, 9.17) is 10.5 Å². The summed E-state index contributed by atoms with van der Waals surface area (Å²) < 4.78 is 5.09. The highest BCUT2D eigenvalue weighted by Crippen LogP contribution is 2.21. The van der Waals surface area contributed by atoms with Crippen LogP contribution in [0.15, 0.2) is 24.3 Å². The molecule has 5 N–H and O–H groups in total. The molecule has 0 radical (unpaired) electrons. The van der Waals surface area contributed by atoms with Gasteiger partial charge in [0.25, 0.3) is 0 Å². The number of carbonyl (C=O) groups excluding carboxylic acids is 2. The molecule has 2 amide bonds. The molecule has 0 saturated carbocycles. The largest absolute Gasteiger partial charge is 0.497 e. The van der Waals surface area contributed by atoms with Gasteiger partial charge in [-0.2, -0.15) is 0 Å². The number of amides is 2. The van der Waals surface area contributed by atoms with Crippen LogP contribution >= 0.6 is 0 Å². The molecule has 0 spiro atoms. The topological polar surface area (TPSA) is 114 Å². The van der Waals surface area contributed by atoms with E-state index >= 15 is 0 Å². The molecule has 132 valence electrons. The van der Waals surface area contributed by atoms with E-state index in [1.54, 1.807) is 26.2 Å². The van der Waals surface area contributed by atoms with Crippen molar-refractivity contribution in [2.45, 2.75) is 43.9 Å². The summed E-state index contributed by atoms with van der Waals surface area (Å²) in [4.78, 5) is 24.2. The van der Waals surface area contributed by atoms with Crippen LogP contribution in [-0.4, -0.2) is 48.3 Å². The number of piperidine rings is 1. The monoisotopic (exact) mass is 335 g/mol. The second kappa shape index (κ2) is 7.63. The minimum absolute atomic E-state index is 0.278. The van der Waals surface area contributed by atoms with Gasteiger partial charge in [0.15, 0.2) is 0 Å². The van der Waals surface area contributed by atoms with Gasteiger partial charge in [-0.1, -0.05) is 12.1 Å². The Labute approximate surface area is 141 Å². The third kappa shape index (κ3) is 4.46. The lowest BCUT2D eigenvalue weighted by Gasteiger charge is -2.37. The summed E-state index contributed by atoms with van der Waals surface area (Å²) in [7, 11) is 1.57. The van der Waals surface area contributed by atoms with Gasteiger partial charge >= 0.3 is 0 Å². The van der Waals surface area contributed by atoms with Gasteiger partial charge in [0.1, 0.15) is 17.8 Å². The lowest BCUT2D eigenvalue weighted by molar-refractivity contribution is -0.134. The molecule has 1 aliphatic rings. The van der Waals surface area contributed by atoms with Crippen molar-refractivity contribution in [3.05, 3.63) is 29.8 Å². The molecule has 1 aromatic carbocycles. The SMILES string of the molecule is COc1ccc(C[C@H](NC(=O)[C@@H]2NCCC[C@@]2(C)O)C(N)=O)cc1. The van der Waals surface area contributed by atoms with Crippen LogP contribution in [0.25, 0.3) is 0 Å². The molecule has 1 saturated heterocycles. The molecule has 7 heteroatoms. The Hall–Kier alpha value is -2.12. The molecule has 1 fully saturated rings. The van der Waals surface area contributed by atoms with Crippen LogP contribution in [0, 0.1) is 0 Å². The second-order valence-corrected chi connectivity index (χ2v) is 6.36. The molecular weight excluding hydrogens is 310 g/mol. The van der Waals surface area contributed by atoms with Gasteiger partial charge in [0.2, 0.25) is 11.8 Å². The van der Waals surface area contributed by atoms with Gasteiger partial charge in [-0.15, -0.1) is 0 Å². The average Bonchev–Trinajstić information content (AvgIpc) is 2.54. The molecule has 3 atom stereocenters. The van der Waals surface area contributed by atoms with Crippen LogP contribution < -0.4 is 21.1 Å². The summed E-state index contributed by atoms with van der Waals surface area (Å²) in [6, 6.07) is 5.59. The molecule has 24 heavy (non-hydrogen) atoms. The summed E-state index contributed by atoms with van der Waals surface area (Å²) in [5.74, 6) is -0.326. The van der Waals surface area contributed by atoms with E-state index in [-0.39, 0.29) is 6.42 Å². The third-order valence-corrected chi connectivity index (χ3v) is 4.35. The first kappa shape index (κ1) is 18.2. The standard InChI is InChI=1S/C17H25N3O4/c1-17(23)8-3-9-19-14(17)16(22)20-13(15(18)21)10-11-4-6-12(24-2)7-5-11/h4-7,13-14,19,23H,3,8-10H2,1-2H3,(H2,18,21)(H,20,22)/t13-,14-,17+/m0/s1. The minimum atomic E-state index is -1.15. The summed E-state index contributed by atoms with van der Waals surface area (Å²) in [6.45, 7) is 2.26. The zero-order valence-corrected chi connectivity index (χ0v) is 14.0. The Morgan fingerprint density at radius 3 is 2.67 bits per heavy atom. The maximum atomic E-state index is 12.5. The molecular formula is C17H25N3O4. The fourth-order valence-electron chi connectivity index (χ4n) is 2.91. The highest BCUT2D eigenvalue weighted by atomic mass is 16.5. The molecule has 0 unspecified atom stereocenters. The maximum Gasteiger partial charge on any atom is 0.240 e. The molecule has 0 aliphatic carbocycles. The van der Waals surface area contributed by atoms with Gasteiger partial charge in [-0.3, -0.25) is 9.59 Å². The first-order chi connectivity index (χ1) is 11.3. The summed E-state index contributed by atoms with van der Waals surface area (Å²) >= 11 is 0. The third-order valence-electron chi connectivity index (χ3n) is 4.35. The van der Waals surface area contributed by atoms with Crippen molar-refractivity contribution in [3.63, 3.8) is 0 Å². The summed E-state index contributed by atoms with van der Waals surface area (Å²) in [5, 5.41) is 16.0. The highest BCUT2D eigenvalue weighted by Gasteiger charge is 2.40. The number of aliphatic hydroxyl groups is 1. The normalized spacial score (nSPS) is 24.9. The number of carbonyl (C=O) groups is 2. The molecule has 7 nitrogen and oxygen atoms in total. The predicted molar refractivity (Wildman–Crippen MR) is 89.5 cm³/mol. The zero-order chi connectivity index (χ0) is 17.7. The van der Waals surface area contributed by atoms with Gasteiger partial charge in [0, 0.05) is 6.42 Å². The summed E-state index contributed by atoms with van der Waals surface area (Å²) in [5.41, 5.74) is 5.13. The van der Waals surface area contributed by atoms with Crippen molar-refractivity contribution in [3.8, 4) is 5.75 Å². The van der Waals surface area contributed by atoms with Crippen molar-refractivity contribution < 1.29 is 19.4 Å². The Bertz CT molecular complexity index is 586. The van der Waals surface area contributed by atoms with Crippen LogP contribution in [-0.2, 0) is 16.0 Å². The molecule has 0 aromatic heterocycles. The van der Waals surface area contributed by atoms with Gasteiger partial charge in [-0.25, -0.2) is 0 Å². The second-order valence-electron chi connectivity index (χ2n) is 6.36. The van der Waals surface area contributed by atoms with E-state index in [0.29, 0.717) is 18.7 Å². The number of hydrogen-bond acceptors (Lipinski definition) is 5. The molecule has 0 bridgehead atoms. The number of benzene rings is 1. The Balaban J connectivity index is 2.04. The fraction of sp³-hybridized carbons (Fsp3) is 0.529. The predicted octanol–water partition coefficient (Wildman–Crippen LogP) is -0.289. The van der Waals surface area contributed by atoms with Crippen molar-refractivity contribution >= 4 is 11.8 Å². The van der Waals surface area contributed by atoms with Crippen molar-refractivity contribution in [1.29, 1.82) is 0 Å². The van der Waals surface area contributed by atoms with Gasteiger partial charge in [-0.05, 0) is 44.0 Å². The van der Waals surface area contributed by atoms with Gasteiger partial charge in [0.05, 0.1) is 12.7 Å². The summed E-state index contributed by atoms with van der Waals surface area (Å²) in [6.07, 6.45) is 1.60. The van der Waals surface area contributed by atoms with Crippen LogP contribution in [0.5, 0.6) is 5.75 Å². The smallest absolute Gasteiger partial charge is 0.240 e. The Morgan fingerprint density at radius 1 is 1.46 bits per heavy atom. The first-order valence-corrected chi connectivity index (χ1v) is 8.02. The number of rotatable bonds is 6. The van der Waals surface area contributed by atoms with Crippen molar-refractivity contribution in [2.24, 2.45) is 5.73 Å². The lowest BCUT2D eigenvalue weighted by Crippen LogP contribution is -2.62. The average molecular weight is 335 g/mol. The number of ether oxygens (including phenoxy) is 1. The van der Waals surface area contributed by atoms with E-state index in [0.717, 1.165) is 12.0 Å². The fourth-order valence-corrected chi connectivity index (χ4v) is 2.91. The zero-order valence-electron chi connectivity index (χ0n) is 14.0. The molecule has 2 rings (SSSR count). The van der Waals surface area contributed by atoms with E-state index in [1.807, 2.05) is 12.1 Å². The van der Waals surface area contributed by atoms with Crippen LogP contribution in [0.2, 0.25) is 0 Å². The maximum absolute atomic E-state index is 12.5. The van der Waals surface area contributed by atoms with Crippen molar-refractivity contribution in [2.75, 3.05) is 13.7 Å². The first-order valence-electron chi connectivity index (χ1n) is 8.02. The van der Waals surface area contributed by atoms with E-state index in [2.05, 4.69) is 10.6 Å². The van der Waals surface area contributed by atoms with Crippen LogP contribution in [0.3, 0.4) is 0 Å².